The van der Waals surface area contributed by atoms with Crippen molar-refractivity contribution in [2.75, 3.05) is 0 Å². The van der Waals surface area contributed by atoms with Crippen molar-refractivity contribution in [1.82, 2.24) is 0 Å². The van der Waals surface area contributed by atoms with Gasteiger partial charge in [0, 0.05) is 12.5 Å². The Morgan fingerprint density at radius 2 is 1.55 bits per heavy atom. The Morgan fingerprint density at radius 3 is 2.14 bits per heavy atom. The number of fused-ring (bicyclic) bond motifs is 1. The molecular formula is C17H7ClF9NO. The first-order valence-electron chi connectivity index (χ1n) is 7.60. The minimum atomic E-state index is -6.50. The van der Waals surface area contributed by atoms with Crippen LogP contribution in [0.1, 0.15) is 5.56 Å². The molecule has 0 unspecified atom stereocenters. The standard InChI is InChI=1S/C17H7ClF9NO/c18-9-6-11-7(3-13(9)29-12-2-1-8(19)5-10(12)20)4-14(28-11)15(21,22)16(23,24)17(25,26)27/h1-3,5-6H,4H2. The van der Waals surface area contributed by atoms with Crippen LogP contribution in [-0.4, -0.2) is 23.7 Å². The highest BCUT2D eigenvalue weighted by Gasteiger charge is 2.75. The molecule has 2 aromatic carbocycles. The predicted molar refractivity (Wildman–Crippen MR) is 84.6 cm³/mol. The van der Waals surface area contributed by atoms with Gasteiger partial charge < -0.3 is 4.74 Å². The number of aliphatic imine (C=N–C) groups is 1. The molecule has 156 valence electrons. The Balaban J connectivity index is 1.91. The van der Waals surface area contributed by atoms with E-state index in [9.17, 15) is 39.5 Å². The number of nitrogens with zero attached hydrogens (tertiary/aromatic N) is 1. The molecule has 0 amide bonds. The molecule has 0 saturated heterocycles. The molecule has 0 saturated carbocycles. The highest BCUT2D eigenvalue weighted by atomic mass is 35.5. The van der Waals surface area contributed by atoms with Gasteiger partial charge in [0.15, 0.2) is 11.6 Å². The zero-order chi connectivity index (χ0) is 21.8. The van der Waals surface area contributed by atoms with Crippen LogP contribution in [0.4, 0.5) is 45.2 Å². The van der Waals surface area contributed by atoms with Gasteiger partial charge >= 0.3 is 18.0 Å². The fourth-order valence-corrected chi connectivity index (χ4v) is 2.69. The van der Waals surface area contributed by atoms with Crippen LogP contribution < -0.4 is 4.74 Å². The Labute approximate surface area is 161 Å². The summed E-state index contributed by atoms with van der Waals surface area (Å²) in [6, 6.07) is 4.10. The molecule has 1 heterocycles. The Hall–Kier alpha value is -2.43. The SMILES string of the molecule is Fc1ccc(Oc2cc3c(cc2Cl)N=C(C(F)(F)C(F)(F)C(F)(F)F)C3)c(F)c1. The number of benzene rings is 2. The van der Waals surface area contributed by atoms with Gasteiger partial charge in [-0.2, -0.15) is 30.7 Å². The molecule has 0 radical (unpaired) electrons. The molecule has 1 aliphatic heterocycles. The van der Waals surface area contributed by atoms with Crippen LogP contribution in [-0.2, 0) is 6.42 Å². The third kappa shape index (κ3) is 3.63. The van der Waals surface area contributed by atoms with Crippen LogP contribution in [0.3, 0.4) is 0 Å². The lowest BCUT2D eigenvalue weighted by atomic mass is 10.0. The molecule has 0 atom stereocenters. The zero-order valence-electron chi connectivity index (χ0n) is 13.7. The monoisotopic (exact) mass is 447 g/mol. The summed E-state index contributed by atoms with van der Waals surface area (Å²) in [7, 11) is 0. The minimum absolute atomic E-state index is 0.195. The average molecular weight is 448 g/mol. The first-order valence-corrected chi connectivity index (χ1v) is 7.97. The third-order valence-corrected chi connectivity index (χ3v) is 4.27. The van der Waals surface area contributed by atoms with Gasteiger partial charge in [-0.1, -0.05) is 11.6 Å². The lowest BCUT2D eigenvalue weighted by Gasteiger charge is -2.28. The average Bonchev–Trinajstić information content (AvgIpc) is 2.99. The van der Waals surface area contributed by atoms with Crippen LogP contribution in [0, 0.1) is 11.6 Å². The van der Waals surface area contributed by atoms with Gasteiger partial charge in [0.1, 0.15) is 11.6 Å². The van der Waals surface area contributed by atoms with Crippen molar-refractivity contribution in [1.29, 1.82) is 0 Å². The van der Waals surface area contributed by atoms with E-state index in [-0.39, 0.29) is 22.0 Å². The molecular weight excluding hydrogens is 441 g/mol. The molecule has 2 nitrogen and oxygen atoms in total. The van der Waals surface area contributed by atoms with Crippen LogP contribution in [0.15, 0.2) is 35.3 Å². The second-order valence-electron chi connectivity index (χ2n) is 5.97. The van der Waals surface area contributed by atoms with E-state index in [4.69, 9.17) is 16.3 Å². The minimum Gasteiger partial charge on any atom is -0.453 e. The molecule has 0 bridgehead atoms. The molecule has 0 fully saturated rings. The fourth-order valence-electron chi connectivity index (χ4n) is 2.49. The van der Waals surface area contributed by atoms with Crippen LogP contribution in [0.2, 0.25) is 5.02 Å². The van der Waals surface area contributed by atoms with Crippen LogP contribution >= 0.6 is 11.6 Å². The van der Waals surface area contributed by atoms with E-state index in [2.05, 4.69) is 4.99 Å². The van der Waals surface area contributed by atoms with E-state index in [1.807, 2.05) is 0 Å². The van der Waals surface area contributed by atoms with E-state index in [1.54, 1.807) is 0 Å². The predicted octanol–water partition coefficient (Wildman–Crippen LogP) is 6.87. The summed E-state index contributed by atoms with van der Waals surface area (Å²) < 4.78 is 123. The molecule has 0 aliphatic carbocycles. The Morgan fingerprint density at radius 1 is 0.897 bits per heavy atom. The van der Waals surface area contributed by atoms with Gasteiger partial charge in [0.2, 0.25) is 0 Å². The summed E-state index contributed by atoms with van der Waals surface area (Å²) in [5.41, 5.74) is -2.27. The summed E-state index contributed by atoms with van der Waals surface area (Å²) in [6.45, 7) is 0. The molecule has 0 spiro atoms. The normalized spacial score (nSPS) is 14.6. The molecule has 29 heavy (non-hydrogen) atoms. The molecule has 3 rings (SSSR count). The summed E-state index contributed by atoms with van der Waals surface area (Å²) in [6.07, 6.45) is -7.55. The van der Waals surface area contributed by atoms with Crippen molar-refractivity contribution < 1.29 is 44.3 Å². The van der Waals surface area contributed by atoms with Crippen LogP contribution in [0.25, 0.3) is 0 Å². The lowest BCUT2D eigenvalue weighted by molar-refractivity contribution is -0.336. The van der Waals surface area contributed by atoms with Crippen molar-refractivity contribution in [3.63, 3.8) is 0 Å². The van der Waals surface area contributed by atoms with Crippen molar-refractivity contribution in [3.8, 4) is 11.5 Å². The molecule has 0 aromatic heterocycles. The smallest absolute Gasteiger partial charge is 0.453 e. The van der Waals surface area contributed by atoms with Gasteiger partial charge in [0.05, 0.1) is 16.4 Å². The number of rotatable bonds is 4. The number of halogens is 10. The molecule has 1 aliphatic rings. The van der Waals surface area contributed by atoms with Crippen molar-refractivity contribution >= 4 is 23.0 Å². The number of alkyl halides is 7. The van der Waals surface area contributed by atoms with Crippen molar-refractivity contribution in [3.05, 3.63) is 52.6 Å². The van der Waals surface area contributed by atoms with E-state index < -0.39 is 47.5 Å². The topological polar surface area (TPSA) is 21.6 Å². The number of hydrogen-bond acceptors (Lipinski definition) is 2. The first-order chi connectivity index (χ1) is 13.2. The first kappa shape index (κ1) is 21.3. The highest BCUT2D eigenvalue weighted by molar-refractivity contribution is 6.32. The van der Waals surface area contributed by atoms with Gasteiger partial charge in [-0.25, -0.2) is 8.78 Å². The second kappa shape index (κ2) is 6.82. The molecule has 12 heteroatoms. The molecule has 0 N–H and O–H groups in total. The van der Waals surface area contributed by atoms with Gasteiger partial charge in [-0.15, -0.1) is 0 Å². The Bertz CT molecular complexity index is 1000. The largest absolute Gasteiger partial charge is 0.460 e. The zero-order valence-corrected chi connectivity index (χ0v) is 14.5. The van der Waals surface area contributed by atoms with Crippen molar-refractivity contribution in [2.45, 2.75) is 24.4 Å². The Kier molecular flexibility index (Phi) is 5.01. The van der Waals surface area contributed by atoms with Crippen LogP contribution in [0.5, 0.6) is 11.5 Å². The van der Waals surface area contributed by atoms with E-state index in [0.717, 1.165) is 24.3 Å². The quantitative estimate of drug-likeness (QED) is 0.469. The summed E-state index contributed by atoms with van der Waals surface area (Å²) in [5, 5.41) is -0.316. The van der Waals surface area contributed by atoms with Gasteiger partial charge in [-0.3, -0.25) is 4.99 Å². The van der Waals surface area contributed by atoms with E-state index >= 15 is 0 Å². The maximum absolute atomic E-state index is 13.9. The van der Waals surface area contributed by atoms with Crippen molar-refractivity contribution in [2.24, 2.45) is 4.99 Å². The molecule has 2 aromatic rings. The maximum atomic E-state index is 13.9. The van der Waals surface area contributed by atoms with E-state index in [0.29, 0.717) is 6.07 Å². The second-order valence-corrected chi connectivity index (χ2v) is 6.38. The highest BCUT2D eigenvalue weighted by Crippen LogP contribution is 2.50. The maximum Gasteiger partial charge on any atom is 0.460 e. The lowest BCUT2D eigenvalue weighted by Crippen LogP contribution is -2.56. The van der Waals surface area contributed by atoms with E-state index in [1.165, 1.54) is 0 Å². The van der Waals surface area contributed by atoms with Gasteiger partial charge in [0.25, 0.3) is 0 Å². The number of ether oxygens (including phenoxy) is 1. The summed E-state index contributed by atoms with van der Waals surface area (Å²) in [5.74, 6) is -14.8. The summed E-state index contributed by atoms with van der Waals surface area (Å²) in [4.78, 5) is 3.16. The van der Waals surface area contributed by atoms with Gasteiger partial charge in [-0.05, 0) is 29.8 Å². The third-order valence-electron chi connectivity index (χ3n) is 3.97. The number of hydrogen-bond donors (Lipinski definition) is 0. The summed E-state index contributed by atoms with van der Waals surface area (Å²) >= 11 is 5.86. The fraction of sp³-hybridized carbons (Fsp3) is 0.235.